The van der Waals surface area contributed by atoms with Crippen molar-refractivity contribution in [2.24, 2.45) is 0 Å². The van der Waals surface area contributed by atoms with Gasteiger partial charge in [0.1, 0.15) is 0 Å². The number of nitrogens with one attached hydrogen (secondary N) is 1. The predicted octanol–water partition coefficient (Wildman–Crippen LogP) is 3.49. The second-order valence-corrected chi connectivity index (χ2v) is 4.46. The van der Waals surface area contributed by atoms with Gasteiger partial charge < -0.3 is 10.1 Å². The van der Waals surface area contributed by atoms with Crippen molar-refractivity contribution < 1.29 is 4.74 Å². The summed E-state index contributed by atoms with van der Waals surface area (Å²) in [6.07, 6.45) is 3.90. The molecule has 0 radical (unpaired) electrons. The van der Waals surface area contributed by atoms with Gasteiger partial charge in [0.05, 0.1) is 13.2 Å². The Hall–Kier alpha value is -1.12. The van der Waals surface area contributed by atoms with Crippen molar-refractivity contribution in [2.75, 3.05) is 19.8 Å². The average Bonchev–Trinajstić information content (AvgIpc) is 2.42. The predicted molar refractivity (Wildman–Crippen MR) is 77.9 cm³/mol. The SMILES string of the molecule is C=CCCOCCNC(C)c1ccc(CC)cc1. The van der Waals surface area contributed by atoms with Gasteiger partial charge in [-0.15, -0.1) is 6.58 Å². The van der Waals surface area contributed by atoms with Crippen LogP contribution >= 0.6 is 0 Å². The van der Waals surface area contributed by atoms with E-state index in [0.717, 1.165) is 32.6 Å². The van der Waals surface area contributed by atoms with Crippen molar-refractivity contribution in [3.8, 4) is 0 Å². The standard InChI is InChI=1S/C16H25NO/c1-4-6-12-18-13-11-17-14(3)16-9-7-15(5-2)8-10-16/h4,7-10,14,17H,1,5-6,11-13H2,2-3H3. The average molecular weight is 247 g/mol. The molecule has 0 aromatic heterocycles. The summed E-state index contributed by atoms with van der Waals surface area (Å²) < 4.78 is 5.46. The third-order valence-electron chi connectivity index (χ3n) is 3.05. The minimum atomic E-state index is 0.374. The zero-order chi connectivity index (χ0) is 13.2. The third kappa shape index (κ3) is 5.48. The molecule has 1 atom stereocenters. The quantitative estimate of drug-likeness (QED) is 0.533. The van der Waals surface area contributed by atoms with E-state index in [1.165, 1.54) is 11.1 Å². The molecule has 100 valence electrons. The molecule has 2 nitrogen and oxygen atoms in total. The van der Waals surface area contributed by atoms with E-state index in [0.29, 0.717) is 6.04 Å². The minimum absolute atomic E-state index is 0.374. The van der Waals surface area contributed by atoms with Crippen LogP contribution in [0.5, 0.6) is 0 Å². The topological polar surface area (TPSA) is 21.3 Å². The van der Waals surface area contributed by atoms with Crippen LogP contribution in [0, 0.1) is 0 Å². The normalized spacial score (nSPS) is 12.3. The highest BCUT2D eigenvalue weighted by molar-refractivity contribution is 5.24. The van der Waals surface area contributed by atoms with Crippen LogP contribution in [-0.4, -0.2) is 19.8 Å². The summed E-state index contributed by atoms with van der Waals surface area (Å²) in [6, 6.07) is 9.19. The molecule has 0 aliphatic carbocycles. The van der Waals surface area contributed by atoms with Crippen LogP contribution in [0.4, 0.5) is 0 Å². The number of hydrogen-bond donors (Lipinski definition) is 1. The molecule has 0 saturated carbocycles. The minimum Gasteiger partial charge on any atom is -0.380 e. The first-order valence-electron chi connectivity index (χ1n) is 6.78. The third-order valence-corrected chi connectivity index (χ3v) is 3.05. The second-order valence-electron chi connectivity index (χ2n) is 4.46. The summed E-state index contributed by atoms with van der Waals surface area (Å²) in [5, 5.41) is 3.46. The molecule has 2 heteroatoms. The lowest BCUT2D eigenvalue weighted by molar-refractivity contribution is 0.138. The summed E-state index contributed by atoms with van der Waals surface area (Å²) in [7, 11) is 0. The molecule has 0 spiro atoms. The Labute approximate surface area is 111 Å². The summed E-state index contributed by atoms with van der Waals surface area (Å²) in [5.74, 6) is 0. The maximum Gasteiger partial charge on any atom is 0.0591 e. The molecule has 1 aromatic rings. The fourth-order valence-corrected chi connectivity index (χ4v) is 1.78. The lowest BCUT2D eigenvalue weighted by Crippen LogP contribution is -2.23. The van der Waals surface area contributed by atoms with Crippen molar-refractivity contribution in [3.05, 3.63) is 48.0 Å². The van der Waals surface area contributed by atoms with E-state index in [9.17, 15) is 0 Å². The van der Waals surface area contributed by atoms with Gasteiger partial charge in [-0.05, 0) is 30.9 Å². The van der Waals surface area contributed by atoms with Crippen LogP contribution in [0.1, 0.15) is 37.4 Å². The van der Waals surface area contributed by atoms with Gasteiger partial charge in [0.2, 0.25) is 0 Å². The van der Waals surface area contributed by atoms with Gasteiger partial charge in [-0.1, -0.05) is 37.3 Å². The molecule has 0 aliphatic heterocycles. The van der Waals surface area contributed by atoms with Gasteiger partial charge in [-0.25, -0.2) is 0 Å². The maximum atomic E-state index is 5.46. The van der Waals surface area contributed by atoms with Crippen LogP contribution in [0.15, 0.2) is 36.9 Å². The fraction of sp³-hybridized carbons (Fsp3) is 0.500. The van der Waals surface area contributed by atoms with Crippen molar-refractivity contribution >= 4 is 0 Å². The number of hydrogen-bond acceptors (Lipinski definition) is 2. The van der Waals surface area contributed by atoms with Gasteiger partial charge in [-0.2, -0.15) is 0 Å². The molecular formula is C16H25NO. The highest BCUT2D eigenvalue weighted by Gasteiger charge is 2.03. The van der Waals surface area contributed by atoms with E-state index < -0.39 is 0 Å². The Balaban J connectivity index is 2.22. The van der Waals surface area contributed by atoms with Crippen LogP contribution in [0.25, 0.3) is 0 Å². The molecule has 18 heavy (non-hydrogen) atoms. The molecule has 0 bridgehead atoms. The van der Waals surface area contributed by atoms with Crippen molar-refractivity contribution in [1.29, 1.82) is 0 Å². The Morgan fingerprint density at radius 1 is 1.28 bits per heavy atom. The van der Waals surface area contributed by atoms with Crippen molar-refractivity contribution in [2.45, 2.75) is 32.7 Å². The molecular weight excluding hydrogens is 222 g/mol. The molecule has 0 saturated heterocycles. The number of ether oxygens (including phenoxy) is 1. The number of aryl methyl sites for hydroxylation is 1. The Morgan fingerprint density at radius 2 is 2.00 bits per heavy atom. The molecule has 0 fully saturated rings. The maximum absolute atomic E-state index is 5.46. The first kappa shape index (κ1) is 14.9. The van der Waals surface area contributed by atoms with Gasteiger partial charge in [0.15, 0.2) is 0 Å². The molecule has 1 unspecified atom stereocenters. The molecule has 1 rings (SSSR count). The van der Waals surface area contributed by atoms with E-state index in [1.807, 2.05) is 6.08 Å². The molecule has 0 amide bonds. The Kier molecular flexibility index (Phi) is 7.38. The molecule has 0 aliphatic rings. The second kappa shape index (κ2) is 8.90. The van der Waals surface area contributed by atoms with E-state index in [1.54, 1.807) is 0 Å². The highest BCUT2D eigenvalue weighted by Crippen LogP contribution is 2.13. The van der Waals surface area contributed by atoms with Gasteiger partial charge >= 0.3 is 0 Å². The monoisotopic (exact) mass is 247 g/mol. The Morgan fingerprint density at radius 3 is 2.61 bits per heavy atom. The molecule has 1 N–H and O–H groups in total. The summed E-state index contributed by atoms with van der Waals surface area (Å²) in [5.41, 5.74) is 2.72. The van der Waals surface area contributed by atoms with Crippen LogP contribution in [-0.2, 0) is 11.2 Å². The summed E-state index contributed by atoms with van der Waals surface area (Å²) in [4.78, 5) is 0. The van der Waals surface area contributed by atoms with Gasteiger partial charge in [0.25, 0.3) is 0 Å². The molecule has 1 aromatic carbocycles. The lowest BCUT2D eigenvalue weighted by atomic mass is 10.1. The van der Waals surface area contributed by atoms with Gasteiger partial charge in [0, 0.05) is 12.6 Å². The summed E-state index contributed by atoms with van der Waals surface area (Å²) >= 11 is 0. The van der Waals surface area contributed by atoms with E-state index in [4.69, 9.17) is 4.74 Å². The largest absolute Gasteiger partial charge is 0.380 e. The Bertz CT molecular complexity index is 331. The smallest absolute Gasteiger partial charge is 0.0591 e. The first-order chi connectivity index (χ1) is 8.77. The lowest BCUT2D eigenvalue weighted by Gasteiger charge is -2.14. The fourth-order valence-electron chi connectivity index (χ4n) is 1.78. The summed E-state index contributed by atoms with van der Waals surface area (Å²) in [6.45, 7) is 10.4. The van der Waals surface area contributed by atoms with E-state index in [2.05, 4.69) is 50.0 Å². The zero-order valence-corrected chi connectivity index (χ0v) is 11.6. The molecule has 0 heterocycles. The van der Waals surface area contributed by atoms with Crippen molar-refractivity contribution in [1.82, 2.24) is 5.32 Å². The van der Waals surface area contributed by atoms with Gasteiger partial charge in [-0.3, -0.25) is 0 Å². The highest BCUT2D eigenvalue weighted by atomic mass is 16.5. The van der Waals surface area contributed by atoms with E-state index >= 15 is 0 Å². The van der Waals surface area contributed by atoms with Crippen LogP contribution in [0.2, 0.25) is 0 Å². The zero-order valence-electron chi connectivity index (χ0n) is 11.6. The van der Waals surface area contributed by atoms with Crippen LogP contribution in [0.3, 0.4) is 0 Å². The van der Waals surface area contributed by atoms with Crippen LogP contribution < -0.4 is 5.32 Å². The van der Waals surface area contributed by atoms with E-state index in [-0.39, 0.29) is 0 Å². The number of rotatable bonds is 9. The van der Waals surface area contributed by atoms with Crippen molar-refractivity contribution in [3.63, 3.8) is 0 Å². The number of benzene rings is 1. The first-order valence-corrected chi connectivity index (χ1v) is 6.78.